The van der Waals surface area contributed by atoms with E-state index in [4.69, 9.17) is 0 Å². The Morgan fingerprint density at radius 2 is 2.27 bits per heavy atom. The number of H-pyrrole nitrogens is 1. The number of aromatic nitrogens is 5. The van der Waals surface area contributed by atoms with Gasteiger partial charge in [0.2, 0.25) is 5.91 Å². The van der Waals surface area contributed by atoms with E-state index in [0.29, 0.717) is 5.92 Å². The quantitative estimate of drug-likeness (QED) is 0.930. The van der Waals surface area contributed by atoms with Gasteiger partial charge in [-0.2, -0.15) is 10.2 Å². The van der Waals surface area contributed by atoms with Gasteiger partial charge in [-0.3, -0.25) is 9.89 Å². The average molecular weight is 302 g/mol. The number of likely N-dealkylation sites (tertiary alicyclic amines) is 1. The monoisotopic (exact) mass is 302 g/mol. The fourth-order valence-electron chi connectivity index (χ4n) is 3.15. The van der Waals surface area contributed by atoms with E-state index in [1.165, 1.54) is 6.33 Å². The molecule has 1 aliphatic heterocycles. The zero-order valence-electron chi connectivity index (χ0n) is 13.3. The molecule has 7 nitrogen and oxygen atoms in total. The number of rotatable bonds is 3. The molecule has 0 spiro atoms. The van der Waals surface area contributed by atoms with Gasteiger partial charge in [0.25, 0.3) is 0 Å². The van der Waals surface area contributed by atoms with E-state index in [1.54, 1.807) is 11.0 Å². The lowest BCUT2D eigenvalue weighted by molar-refractivity contribution is -0.141. The third-order valence-corrected chi connectivity index (χ3v) is 4.50. The number of nitrogens with zero attached hydrogens (tertiary/aromatic N) is 5. The molecule has 1 saturated heterocycles. The lowest BCUT2D eigenvalue weighted by Gasteiger charge is -2.37. The maximum atomic E-state index is 12.9. The number of carbonyl (C=O) groups excluding carboxylic acids is 1. The summed E-state index contributed by atoms with van der Waals surface area (Å²) < 4.78 is 1.63. The molecule has 22 heavy (non-hydrogen) atoms. The molecule has 3 heterocycles. The number of carbonyl (C=O) groups is 1. The maximum absolute atomic E-state index is 12.9. The summed E-state index contributed by atoms with van der Waals surface area (Å²) in [5, 5.41) is 11.3. The van der Waals surface area contributed by atoms with Crippen molar-refractivity contribution in [1.82, 2.24) is 29.9 Å². The van der Waals surface area contributed by atoms with Crippen LogP contribution in [0.2, 0.25) is 0 Å². The van der Waals surface area contributed by atoms with E-state index in [9.17, 15) is 4.79 Å². The molecule has 0 saturated carbocycles. The van der Waals surface area contributed by atoms with Gasteiger partial charge in [-0.25, -0.2) is 9.67 Å². The van der Waals surface area contributed by atoms with E-state index in [1.807, 2.05) is 24.9 Å². The fourth-order valence-corrected chi connectivity index (χ4v) is 3.15. The van der Waals surface area contributed by atoms with Crippen molar-refractivity contribution in [2.45, 2.75) is 45.1 Å². The van der Waals surface area contributed by atoms with Crippen LogP contribution in [0.25, 0.3) is 0 Å². The Kier molecular flexibility index (Phi) is 3.72. The molecule has 0 unspecified atom stereocenters. The van der Waals surface area contributed by atoms with Crippen LogP contribution in [-0.2, 0) is 10.3 Å². The van der Waals surface area contributed by atoms with Crippen LogP contribution < -0.4 is 0 Å². The topological polar surface area (TPSA) is 79.7 Å². The van der Waals surface area contributed by atoms with Crippen LogP contribution in [0.4, 0.5) is 0 Å². The van der Waals surface area contributed by atoms with E-state index < -0.39 is 5.54 Å². The van der Waals surface area contributed by atoms with Gasteiger partial charge in [0.05, 0.1) is 6.20 Å². The predicted octanol–water partition coefficient (Wildman–Crippen LogP) is 1.45. The van der Waals surface area contributed by atoms with Crippen LogP contribution >= 0.6 is 0 Å². The Morgan fingerprint density at radius 3 is 2.91 bits per heavy atom. The summed E-state index contributed by atoms with van der Waals surface area (Å²) in [7, 11) is 0. The van der Waals surface area contributed by atoms with Gasteiger partial charge in [-0.15, -0.1) is 0 Å². The second-order valence-electron chi connectivity index (χ2n) is 6.46. The molecule has 7 heteroatoms. The van der Waals surface area contributed by atoms with E-state index >= 15 is 0 Å². The third kappa shape index (κ3) is 2.51. The number of hydrogen-bond donors (Lipinski definition) is 1. The number of hydrogen-bond acceptors (Lipinski definition) is 4. The van der Waals surface area contributed by atoms with Crippen LogP contribution in [0.3, 0.4) is 0 Å². The number of nitrogens with one attached hydrogen (secondary N) is 1. The highest BCUT2D eigenvalue weighted by molar-refractivity contribution is 5.83. The first-order chi connectivity index (χ1) is 10.5. The predicted molar refractivity (Wildman–Crippen MR) is 81.2 cm³/mol. The molecule has 0 aromatic carbocycles. The molecule has 0 bridgehead atoms. The molecular formula is C15H22N6O. The Hall–Kier alpha value is -2.18. The first-order valence-corrected chi connectivity index (χ1v) is 7.64. The van der Waals surface area contributed by atoms with Gasteiger partial charge in [-0.1, -0.05) is 0 Å². The highest BCUT2D eigenvalue weighted by Gasteiger charge is 2.37. The van der Waals surface area contributed by atoms with Crippen molar-refractivity contribution in [2.75, 3.05) is 13.1 Å². The largest absolute Gasteiger partial charge is 0.340 e. The lowest BCUT2D eigenvalue weighted by Crippen LogP contribution is -2.50. The summed E-state index contributed by atoms with van der Waals surface area (Å²) in [6.45, 7) is 7.34. The fraction of sp³-hybridized carbons (Fsp3) is 0.600. The molecule has 1 N–H and O–H groups in total. The Morgan fingerprint density at radius 1 is 1.45 bits per heavy atom. The third-order valence-electron chi connectivity index (χ3n) is 4.50. The minimum atomic E-state index is -0.721. The summed E-state index contributed by atoms with van der Waals surface area (Å²) >= 11 is 0. The molecule has 2 aromatic rings. The Labute approximate surface area is 129 Å². The highest BCUT2D eigenvalue weighted by Crippen LogP contribution is 2.29. The zero-order valence-corrected chi connectivity index (χ0v) is 13.3. The Balaban J connectivity index is 1.77. The van der Waals surface area contributed by atoms with Crippen molar-refractivity contribution < 1.29 is 4.79 Å². The zero-order chi connectivity index (χ0) is 15.7. The molecule has 1 fully saturated rings. The molecular weight excluding hydrogens is 280 g/mol. The minimum Gasteiger partial charge on any atom is -0.340 e. The van der Waals surface area contributed by atoms with E-state index in [0.717, 1.165) is 37.2 Å². The molecule has 2 aromatic heterocycles. The van der Waals surface area contributed by atoms with Crippen LogP contribution in [0, 0.1) is 6.92 Å². The van der Waals surface area contributed by atoms with Crippen LogP contribution in [-0.4, -0.2) is 48.9 Å². The second kappa shape index (κ2) is 5.55. The maximum Gasteiger partial charge on any atom is 0.250 e. The van der Waals surface area contributed by atoms with E-state index in [-0.39, 0.29) is 5.91 Å². The number of piperidine rings is 1. The van der Waals surface area contributed by atoms with Crippen molar-refractivity contribution >= 4 is 5.91 Å². The lowest BCUT2D eigenvalue weighted by atomic mass is 9.91. The highest BCUT2D eigenvalue weighted by atomic mass is 16.2. The molecule has 1 atom stereocenters. The minimum absolute atomic E-state index is 0.0832. The molecule has 1 aliphatic rings. The molecule has 1 amide bonds. The van der Waals surface area contributed by atoms with Gasteiger partial charge in [0.1, 0.15) is 18.2 Å². The standard InChI is InChI=1S/C15H22N6O/c1-11-7-17-19-13(11)12-5-4-6-20(8-12)14(22)15(2,3)21-10-16-9-18-21/h7,9-10,12H,4-6,8H2,1-3H3,(H,17,19)/t12-/m0/s1. The summed E-state index contributed by atoms with van der Waals surface area (Å²) in [5.41, 5.74) is 1.59. The summed E-state index contributed by atoms with van der Waals surface area (Å²) in [4.78, 5) is 18.8. The van der Waals surface area contributed by atoms with Crippen LogP contribution in [0.15, 0.2) is 18.9 Å². The van der Waals surface area contributed by atoms with Gasteiger partial charge in [0, 0.05) is 24.7 Å². The SMILES string of the molecule is Cc1cn[nH]c1[C@H]1CCCN(C(=O)C(C)(C)n2cncn2)C1. The van der Waals surface area contributed by atoms with Gasteiger partial charge >= 0.3 is 0 Å². The van der Waals surface area contributed by atoms with Crippen molar-refractivity contribution in [3.8, 4) is 0 Å². The van der Waals surface area contributed by atoms with E-state index in [2.05, 4.69) is 27.2 Å². The number of aryl methyl sites for hydroxylation is 1. The Bertz CT molecular complexity index is 645. The second-order valence-corrected chi connectivity index (χ2v) is 6.46. The van der Waals surface area contributed by atoms with Crippen LogP contribution in [0.1, 0.15) is 43.9 Å². The number of aromatic amines is 1. The summed E-state index contributed by atoms with van der Waals surface area (Å²) in [5.74, 6) is 0.409. The van der Waals surface area contributed by atoms with Gasteiger partial charge < -0.3 is 4.90 Å². The van der Waals surface area contributed by atoms with Crippen molar-refractivity contribution in [1.29, 1.82) is 0 Å². The van der Waals surface area contributed by atoms with Crippen molar-refractivity contribution in [3.63, 3.8) is 0 Å². The van der Waals surface area contributed by atoms with Gasteiger partial charge in [-0.05, 0) is 39.2 Å². The smallest absolute Gasteiger partial charge is 0.250 e. The van der Waals surface area contributed by atoms with Crippen molar-refractivity contribution in [2.24, 2.45) is 0 Å². The first-order valence-electron chi connectivity index (χ1n) is 7.64. The molecule has 0 radical (unpaired) electrons. The average Bonchev–Trinajstić information content (AvgIpc) is 3.18. The summed E-state index contributed by atoms with van der Waals surface area (Å²) in [6.07, 6.45) is 6.98. The summed E-state index contributed by atoms with van der Waals surface area (Å²) in [6, 6.07) is 0. The molecule has 0 aliphatic carbocycles. The normalized spacial score (nSPS) is 19.4. The van der Waals surface area contributed by atoms with Gasteiger partial charge in [0.15, 0.2) is 0 Å². The first kappa shape index (κ1) is 14.7. The van der Waals surface area contributed by atoms with Crippen molar-refractivity contribution in [3.05, 3.63) is 30.1 Å². The van der Waals surface area contributed by atoms with Crippen LogP contribution in [0.5, 0.6) is 0 Å². The number of amides is 1. The molecule has 3 rings (SSSR count). The molecule has 118 valence electrons.